The van der Waals surface area contributed by atoms with Gasteiger partial charge in [0.05, 0.1) is 6.54 Å². The topological polar surface area (TPSA) is 63.5 Å². The second-order valence-corrected chi connectivity index (χ2v) is 7.23. The summed E-state index contributed by atoms with van der Waals surface area (Å²) in [7, 11) is 0. The van der Waals surface area contributed by atoms with E-state index in [0.717, 1.165) is 5.56 Å². The van der Waals surface area contributed by atoms with Crippen molar-refractivity contribution in [1.29, 1.82) is 0 Å². The fourth-order valence-corrected chi connectivity index (χ4v) is 2.82. The third kappa shape index (κ3) is 2.76. The average molecular weight is 322 g/mol. The number of aromatic nitrogens is 3. The molecule has 1 fully saturated rings. The van der Waals surface area contributed by atoms with Gasteiger partial charge in [0.15, 0.2) is 0 Å². The molecule has 1 N–H and O–H groups in total. The van der Waals surface area contributed by atoms with Crippen LogP contribution >= 0.6 is 11.6 Å². The Morgan fingerprint density at radius 1 is 1.27 bits per heavy atom. The van der Waals surface area contributed by atoms with Crippen LogP contribution in [-0.4, -0.2) is 31.6 Å². The highest BCUT2D eigenvalue weighted by Crippen LogP contribution is 2.51. The SMILES string of the molecule is CC(C)(C)[C@](O)(Cn1cncn1)[C@@H]1O[C@@H]1c1ccc(Cl)cc1. The van der Waals surface area contributed by atoms with Gasteiger partial charge in [-0.15, -0.1) is 0 Å². The molecule has 3 rings (SSSR count). The van der Waals surface area contributed by atoms with E-state index in [4.69, 9.17) is 16.3 Å². The predicted octanol–water partition coefficient (Wildman–Crippen LogP) is 2.85. The number of nitrogens with zero attached hydrogens (tertiary/aromatic N) is 3. The normalized spacial score (nSPS) is 24.0. The van der Waals surface area contributed by atoms with Gasteiger partial charge in [0.2, 0.25) is 0 Å². The second-order valence-electron chi connectivity index (χ2n) is 6.80. The molecular formula is C16H20ClN3O2. The summed E-state index contributed by atoms with van der Waals surface area (Å²) in [5.41, 5.74) is -0.397. The van der Waals surface area contributed by atoms with E-state index in [1.54, 1.807) is 11.0 Å². The van der Waals surface area contributed by atoms with Crippen LogP contribution in [0.4, 0.5) is 0 Å². The molecule has 0 bridgehead atoms. The molecular weight excluding hydrogens is 302 g/mol. The second kappa shape index (κ2) is 5.33. The lowest BCUT2D eigenvalue weighted by atomic mass is 9.73. The molecule has 3 atom stereocenters. The van der Waals surface area contributed by atoms with Crippen LogP contribution in [0.15, 0.2) is 36.9 Å². The summed E-state index contributed by atoms with van der Waals surface area (Å²) in [6.07, 6.45) is 2.67. The molecule has 118 valence electrons. The van der Waals surface area contributed by atoms with Crippen LogP contribution in [0.5, 0.6) is 0 Å². The Morgan fingerprint density at radius 2 is 1.95 bits per heavy atom. The van der Waals surface area contributed by atoms with Crippen LogP contribution in [-0.2, 0) is 11.3 Å². The smallest absolute Gasteiger partial charge is 0.137 e. The van der Waals surface area contributed by atoms with Crippen LogP contribution in [0.3, 0.4) is 0 Å². The number of hydrogen-bond acceptors (Lipinski definition) is 4. The molecule has 0 aliphatic carbocycles. The van der Waals surface area contributed by atoms with E-state index in [1.165, 1.54) is 6.33 Å². The zero-order chi connectivity index (χ0) is 16.0. The molecule has 2 heterocycles. The summed E-state index contributed by atoms with van der Waals surface area (Å²) >= 11 is 5.92. The molecule has 1 aromatic carbocycles. The largest absolute Gasteiger partial charge is 0.385 e. The van der Waals surface area contributed by atoms with Gasteiger partial charge in [-0.05, 0) is 23.1 Å². The monoisotopic (exact) mass is 321 g/mol. The summed E-state index contributed by atoms with van der Waals surface area (Å²) in [5.74, 6) is 0. The number of hydrogen-bond donors (Lipinski definition) is 1. The van der Waals surface area contributed by atoms with Crippen molar-refractivity contribution in [2.75, 3.05) is 0 Å². The van der Waals surface area contributed by atoms with E-state index < -0.39 is 5.60 Å². The highest BCUT2D eigenvalue weighted by Gasteiger charge is 2.60. The van der Waals surface area contributed by atoms with Gasteiger partial charge in [0.1, 0.15) is 30.5 Å². The van der Waals surface area contributed by atoms with Crippen molar-refractivity contribution in [2.45, 2.75) is 45.1 Å². The molecule has 0 radical (unpaired) electrons. The Bertz CT molecular complexity index is 636. The van der Waals surface area contributed by atoms with Crippen LogP contribution in [0, 0.1) is 5.41 Å². The first-order chi connectivity index (χ1) is 10.3. The quantitative estimate of drug-likeness (QED) is 0.880. The van der Waals surface area contributed by atoms with Crippen LogP contribution in [0.25, 0.3) is 0 Å². The highest BCUT2D eigenvalue weighted by molar-refractivity contribution is 6.30. The zero-order valence-electron chi connectivity index (χ0n) is 12.9. The van der Waals surface area contributed by atoms with Gasteiger partial charge in [-0.3, -0.25) is 0 Å². The van der Waals surface area contributed by atoms with Crippen molar-refractivity contribution in [2.24, 2.45) is 5.41 Å². The fourth-order valence-electron chi connectivity index (χ4n) is 2.70. The van der Waals surface area contributed by atoms with E-state index in [0.29, 0.717) is 11.6 Å². The highest BCUT2D eigenvalue weighted by atomic mass is 35.5. The third-order valence-electron chi connectivity index (χ3n) is 4.33. The predicted molar refractivity (Wildman–Crippen MR) is 83.5 cm³/mol. The van der Waals surface area contributed by atoms with Gasteiger partial charge >= 0.3 is 0 Å². The molecule has 1 aliphatic heterocycles. The van der Waals surface area contributed by atoms with E-state index in [9.17, 15) is 5.11 Å². The van der Waals surface area contributed by atoms with Gasteiger partial charge < -0.3 is 9.84 Å². The molecule has 1 saturated heterocycles. The summed E-state index contributed by atoms with van der Waals surface area (Å²) in [5, 5.41) is 16.1. The Balaban J connectivity index is 1.84. The molecule has 1 aliphatic rings. The molecule has 5 nitrogen and oxygen atoms in total. The van der Waals surface area contributed by atoms with Gasteiger partial charge in [0.25, 0.3) is 0 Å². The molecule has 0 saturated carbocycles. The fraction of sp³-hybridized carbons (Fsp3) is 0.500. The van der Waals surface area contributed by atoms with Crippen molar-refractivity contribution >= 4 is 11.6 Å². The minimum absolute atomic E-state index is 0.120. The molecule has 6 heteroatoms. The molecule has 22 heavy (non-hydrogen) atoms. The summed E-state index contributed by atoms with van der Waals surface area (Å²) < 4.78 is 7.47. The van der Waals surface area contributed by atoms with Crippen molar-refractivity contribution in [3.63, 3.8) is 0 Å². The maximum absolute atomic E-state index is 11.3. The van der Waals surface area contributed by atoms with Crippen LogP contribution < -0.4 is 0 Å². The Hall–Kier alpha value is -1.43. The maximum atomic E-state index is 11.3. The summed E-state index contributed by atoms with van der Waals surface area (Å²) in [6.45, 7) is 6.35. The van der Waals surface area contributed by atoms with E-state index in [-0.39, 0.29) is 17.6 Å². The lowest BCUT2D eigenvalue weighted by Crippen LogP contribution is -2.51. The number of halogens is 1. The van der Waals surface area contributed by atoms with Gasteiger partial charge in [-0.25, -0.2) is 9.67 Å². The molecule has 1 aromatic heterocycles. The van der Waals surface area contributed by atoms with Crippen molar-refractivity contribution in [3.05, 3.63) is 47.5 Å². The average Bonchev–Trinajstić information content (AvgIpc) is 3.09. The number of rotatable bonds is 4. The van der Waals surface area contributed by atoms with E-state index in [1.807, 2.05) is 45.0 Å². The standard InChI is InChI=1S/C16H20ClN3O2/c1-15(2,3)16(21,8-20-10-18-9-19-20)14-13(22-14)11-4-6-12(17)7-5-11/h4-7,9-10,13-14,21H,8H2,1-3H3/t13-,14-,16+/m1/s1. The Morgan fingerprint density at radius 3 is 2.50 bits per heavy atom. The van der Waals surface area contributed by atoms with Gasteiger partial charge in [0, 0.05) is 5.02 Å². The maximum Gasteiger partial charge on any atom is 0.137 e. The number of epoxide rings is 1. The molecule has 0 spiro atoms. The Kier molecular flexibility index (Phi) is 3.75. The van der Waals surface area contributed by atoms with Crippen molar-refractivity contribution in [3.8, 4) is 0 Å². The lowest BCUT2D eigenvalue weighted by molar-refractivity contribution is -0.0925. The first-order valence-electron chi connectivity index (χ1n) is 7.27. The van der Waals surface area contributed by atoms with Crippen LogP contribution in [0.2, 0.25) is 5.02 Å². The lowest BCUT2D eigenvalue weighted by Gasteiger charge is -2.39. The van der Waals surface area contributed by atoms with E-state index >= 15 is 0 Å². The van der Waals surface area contributed by atoms with Crippen LogP contribution in [0.1, 0.15) is 32.4 Å². The van der Waals surface area contributed by atoms with Gasteiger partial charge in [-0.1, -0.05) is 44.5 Å². The molecule has 0 unspecified atom stereocenters. The van der Waals surface area contributed by atoms with E-state index in [2.05, 4.69) is 10.1 Å². The summed E-state index contributed by atoms with van der Waals surface area (Å²) in [4.78, 5) is 3.94. The minimum Gasteiger partial charge on any atom is -0.385 e. The number of ether oxygens (including phenoxy) is 1. The molecule has 0 amide bonds. The minimum atomic E-state index is -1.05. The molecule has 2 aromatic rings. The zero-order valence-corrected chi connectivity index (χ0v) is 13.7. The third-order valence-corrected chi connectivity index (χ3v) is 4.58. The van der Waals surface area contributed by atoms with Crippen molar-refractivity contribution in [1.82, 2.24) is 14.8 Å². The van der Waals surface area contributed by atoms with Gasteiger partial charge in [-0.2, -0.15) is 5.10 Å². The Labute approximate surface area is 134 Å². The summed E-state index contributed by atoms with van der Waals surface area (Å²) in [6, 6.07) is 7.55. The van der Waals surface area contributed by atoms with Crippen molar-refractivity contribution < 1.29 is 9.84 Å². The first kappa shape index (κ1) is 15.5. The number of aliphatic hydroxyl groups is 1. The number of benzene rings is 1. The first-order valence-corrected chi connectivity index (χ1v) is 7.65.